The molecule has 2 aromatic carbocycles. The van der Waals surface area contributed by atoms with E-state index in [1.165, 1.54) is 11.1 Å². The molecular weight excluding hydrogens is 579 g/mol. The van der Waals surface area contributed by atoms with Gasteiger partial charge in [-0.15, -0.1) is 0 Å². The van der Waals surface area contributed by atoms with E-state index in [1.54, 1.807) is 0 Å². The maximum atomic E-state index is 6.57. The van der Waals surface area contributed by atoms with Gasteiger partial charge in [0.25, 0.3) is 0 Å². The third kappa shape index (κ3) is 5.80. The smallest absolute Gasteiger partial charge is 0.226 e. The van der Waals surface area contributed by atoms with Gasteiger partial charge < -0.3 is 14.2 Å². The highest BCUT2D eigenvalue weighted by atomic mass is 35.5. The molecular formula is C31H35Cl3N6O. The lowest BCUT2D eigenvalue weighted by atomic mass is 9.92. The maximum absolute atomic E-state index is 6.57. The lowest BCUT2D eigenvalue weighted by Crippen LogP contribution is -2.58. The highest BCUT2D eigenvalue weighted by molar-refractivity contribution is 6.30. The molecule has 0 spiro atoms. The molecule has 2 aromatic heterocycles. The van der Waals surface area contributed by atoms with E-state index in [-0.39, 0.29) is 29.5 Å². The number of nitrogens with zero attached hydrogens (tertiary/aromatic N) is 6. The van der Waals surface area contributed by atoms with Crippen molar-refractivity contribution in [3.8, 4) is 0 Å². The van der Waals surface area contributed by atoms with Crippen molar-refractivity contribution < 1.29 is 4.74 Å². The van der Waals surface area contributed by atoms with Crippen LogP contribution in [0.4, 0.5) is 5.82 Å². The molecule has 2 aliphatic heterocycles. The van der Waals surface area contributed by atoms with E-state index in [1.807, 2.05) is 31.2 Å². The second kappa shape index (κ2) is 12.1. The van der Waals surface area contributed by atoms with Crippen molar-refractivity contribution >= 4 is 51.8 Å². The number of halogens is 3. The Morgan fingerprint density at radius 2 is 1.59 bits per heavy atom. The Morgan fingerprint density at radius 1 is 0.927 bits per heavy atom. The van der Waals surface area contributed by atoms with Crippen molar-refractivity contribution in [3.63, 3.8) is 0 Å². The molecule has 4 aromatic rings. The van der Waals surface area contributed by atoms with E-state index in [0.717, 1.165) is 78.4 Å². The van der Waals surface area contributed by atoms with Crippen molar-refractivity contribution in [2.45, 2.75) is 70.8 Å². The lowest BCUT2D eigenvalue weighted by molar-refractivity contribution is 0.0973. The van der Waals surface area contributed by atoms with Gasteiger partial charge in [0.15, 0.2) is 17.0 Å². The van der Waals surface area contributed by atoms with Gasteiger partial charge in [-0.25, -0.2) is 4.98 Å². The Morgan fingerprint density at radius 3 is 2.17 bits per heavy atom. The van der Waals surface area contributed by atoms with Crippen LogP contribution >= 0.6 is 34.8 Å². The maximum Gasteiger partial charge on any atom is 0.226 e. The van der Waals surface area contributed by atoms with Crippen LogP contribution in [0.2, 0.25) is 15.3 Å². The number of hydrogen-bond acceptors (Lipinski definition) is 6. The number of aromatic nitrogens is 4. The molecule has 0 aliphatic carbocycles. The topological polar surface area (TPSA) is 59.3 Å². The molecule has 2 saturated heterocycles. The number of aryl methyl sites for hydroxylation is 1. The zero-order chi connectivity index (χ0) is 28.7. The highest BCUT2D eigenvalue weighted by Crippen LogP contribution is 2.37. The first-order chi connectivity index (χ1) is 19.8. The highest BCUT2D eigenvalue weighted by Gasteiger charge is 2.38. The first-order valence-corrected chi connectivity index (χ1v) is 15.5. The normalized spacial score (nSPS) is 21.8. The zero-order valence-electron chi connectivity index (χ0n) is 23.6. The number of hydrogen-bond donors (Lipinski definition) is 0. The summed E-state index contributed by atoms with van der Waals surface area (Å²) in [5.41, 5.74) is 3.97. The summed E-state index contributed by atoms with van der Waals surface area (Å²) in [6, 6.07) is 16.8. The van der Waals surface area contributed by atoms with E-state index in [2.05, 4.69) is 57.5 Å². The van der Waals surface area contributed by atoms with Crippen LogP contribution in [0.15, 0.2) is 48.5 Å². The molecule has 2 aliphatic rings. The number of piperazine rings is 1. The lowest BCUT2D eigenvalue weighted by Gasteiger charge is -2.49. The molecule has 41 heavy (non-hydrogen) atoms. The van der Waals surface area contributed by atoms with Gasteiger partial charge in [0.05, 0.1) is 18.7 Å². The average Bonchev–Trinajstić information content (AvgIpc) is 3.59. The molecule has 0 bridgehead atoms. The fraction of sp³-hybridized carbons (Fsp3) is 0.452. The van der Waals surface area contributed by atoms with Gasteiger partial charge in [-0.05, 0) is 80.1 Å². The van der Waals surface area contributed by atoms with Gasteiger partial charge in [0.2, 0.25) is 5.28 Å². The van der Waals surface area contributed by atoms with Crippen LogP contribution in [0.5, 0.6) is 0 Å². The summed E-state index contributed by atoms with van der Waals surface area (Å²) in [6.07, 6.45) is 3.28. The summed E-state index contributed by atoms with van der Waals surface area (Å²) in [7, 11) is 0. The van der Waals surface area contributed by atoms with Crippen LogP contribution in [0, 0.1) is 6.92 Å². The fourth-order valence-electron chi connectivity index (χ4n) is 6.39. The minimum absolute atomic E-state index is 0.0564. The number of fused-ring (bicyclic) bond motifs is 1. The minimum Gasteiger partial charge on any atom is -0.376 e. The van der Waals surface area contributed by atoms with Crippen molar-refractivity contribution in [3.05, 3.63) is 80.8 Å². The van der Waals surface area contributed by atoms with E-state index < -0.39 is 0 Å². The Hall–Kier alpha value is -2.42. The third-order valence-electron chi connectivity index (χ3n) is 8.48. The average molecular weight is 614 g/mol. The summed E-state index contributed by atoms with van der Waals surface area (Å²) < 4.78 is 8.05. The molecule has 0 saturated carbocycles. The molecule has 10 heteroatoms. The van der Waals surface area contributed by atoms with Crippen molar-refractivity contribution in [2.24, 2.45) is 0 Å². The van der Waals surface area contributed by atoms with E-state index in [0.29, 0.717) is 0 Å². The van der Waals surface area contributed by atoms with Gasteiger partial charge in [-0.2, -0.15) is 9.97 Å². The molecule has 4 heterocycles. The van der Waals surface area contributed by atoms with Gasteiger partial charge >= 0.3 is 0 Å². The second-order valence-electron chi connectivity index (χ2n) is 11.2. The third-order valence-corrected chi connectivity index (χ3v) is 9.15. The quantitative estimate of drug-likeness (QED) is 0.203. The largest absolute Gasteiger partial charge is 0.376 e. The molecule has 7 nitrogen and oxygen atoms in total. The molecule has 216 valence electrons. The number of imidazole rings is 1. The van der Waals surface area contributed by atoms with Crippen molar-refractivity contribution in [1.82, 2.24) is 24.4 Å². The van der Waals surface area contributed by atoms with Crippen LogP contribution in [-0.2, 0) is 11.3 Å². The molecule has 0 amide bonds. The van der Waals surface area contributed by atoms with Crippen LogP contribution in [0.25, 0.3) is 11.2 Å². The molecule has 2 fully saturated rings. The summed E-state index contributed by atoms with van der Waals surface area (Å²) in [5, 5.41) is 1.70. The molecule has 0 radical (unpaired) electrons. The fourth-order valence-corrected chi connectivity index (χ4v) is 6.80. The van der Waals surface area contributed by atoms with Crippen LogP contribution in [0.1, 0.15) is 56.1 Å². The van der Waals surface area contributed by atoms with Gasteiger partial charge in [0, 0.05) is 41.8 Å². The summed E-state index contributed by atoms with van der Waals surface area (Å²) in [5.74, 6) is 1.70. The second-order valence-corrected chi connectivity index (χ2v) is 12.4. The SMILES string of the molecule is CC[C@@H]1CN(c2nc(Cl)nc3c2nc(C)n3CC2CCCO2)[C@@H](C)CN1C(c1ccc(Cl)cc1)c1ccc(Cl)cc1. The summed E-state index contributed by atoms with van der Waals surface area (Å²) in [6.45, 7) is 9.66. The predicted octanol–water partition coefficient (Wildman–Crippen LogP) is 7.35. The van der Waals surface area contributed by atoms with Crippen LogP contribution in [-0.4, -0.2) is 62.3 Å². The van der Waals surface area contributed by atoms with Gasteiger partial charge in [-0.1, -0.05) is 54.4 Å². The Bertz CT molecular complexity index is 1460. The number of anilines is 1. The molecule has 1 unspecified atom stereocenters. The summed E-state index contributed by atoms with van der Waals surface area (Å²) >= 11 is 19.1. The zero-order valence-corrected chi connectivity index (χ0v) is 25.9. The standard InChI is InChI=1S/C31H35Cl3N6O/c1-4-25-17-38(29-27-30(37-31(34)36-29)39(20(3)35-27)18-26-6-5-15-41-26)19(2)16-40(25)28(21-7-11-23(32)12-8-21)22-9-13-24(33)14-10-22/h7-14,19,25-26,28H,4-6,15-18H2,1-3H3/t19-,25+,26?/m0/s1. The number of rotatable bonds is 7. The van der Waals surface area contributed by atoms with Gasteiger partial charge in [-0.3, -0.25) is 4.90 Å². The Balaban J connectivity index is 1.36. The molecule has 6 rings (SSSR count). The number of benzene rings is 2. The predicted molar refractivity (Wildman–Crippen MR) is 166 cm³/mol. The first kappa shape index (κ1) is 28.7. The minimum atomic E-state index is 0.0564. The van der Waals surface area contributed by atoms with E-state index >= 15 is 0 Å². The molecule has 0 N–H and O–H groups in total. The molecule has 3 atom stereocenters. The monoisotopic (exact) mass is 612 g/mol. The Labute approximate surface area is 256 Å². The van der Waals surface area contributed by atoms with Crippen molar-refractivity contribution in [2.75, 3.05) is 24.6 Å². The van der Waals surface area contributed by atoms with Crippen LogP contribution in [0.3, 0.4) is 0 Å². The Kier molecular flexibility index (Phi) is 8.44. The van der Waals surface area contributed by atoms with E-state index in [4.69, 9.17) is 49.5 Å². The van der Waals surface area contributed by atoms with E-state index in [9.17, 15) is 0 Å². The van der Waals surface area contributed by atoms with Crippen molar-refractivity contribution in [1.29, 1.82) is 0 Å². The van der Waals surface area contributed by atoms with Crippen LogP contribution < -0.4 is 4.90 Å². The summed E-state index contributed by atoms with van der Waals surface area (Å²) in [4.78, 5) is 19.3. The number of ether oxygens (including phenoxy) is 1. The first-order valence-electron chi connectivity index (χ1n) is 14.4. The van der Waals surface area contributed by atoms with Gasteiger partial charge in [0.1, 0.15) is 5.82 Å².